The SMILES string of the molecule is Cc1ccc(-c2ccc(S(=O)(=O)NC3CCCc4c(OCC(=O)O)cccc43)cc2)nc1. The highest BCUT2D eigenvalue weighted by Gasteiger charge is 2.27. The van der Waals surface area contributed by atoms with Crippen molar-refractivity contribution in [3.63, 3.8) is 0 Å². The van der Waals surface area contributed by atoms with Crippen LogP contribution in [0, 0.1) is 6.92 Å². The lowest BCUT2D eigenvalue weighted by atomic mass is 9.87. The molecule has 1 heterocycles. The maximum atomic E-state index is 13.1. The van der Waals surface area contributed by atoms with Gasteiger partial charge >= 0.3 is 5.97 Å². The molecule has 4 rings (SSSR count). The Kier molecular flexibility index (Phi) is 6.25. The first-order valence-corrected chi connectivity index (χ1v) is 11.8. The van der Waals surface area contributed by atoms with Gasteiger partial charge in [-0.3, -0.25) is 4.98 Å². The summed E-state index contributed by atoms with van der Waals surface area (Å²) < 4.78 is 34.4. The third kappa shape index (κ3) is 4.81. The summed E-state index contributed by atoms with van der Waals surface area (Å²) in [5.41, 5.74) is 4.35. The van der Waals surface area contributed by atoms with E-state index >= 15 is 0 Å². The Morgan fingerprint density at radius 2 is 1.94 bits per heavy atom. The average molecular weight is 453 g/mol. The van der Waals surface area contributed by atoms with E-state index in [9.17, 15) is 13.2 Å². The highest BCUT2D eigenvalue weighted by molar-refractivity contribution is 7.89. The minimum absolute atomic E-state index is 0.179. The van der Waals surface area contributed by atoms with Crippen LogP contribution in [0.15, 0.2) is 65.7 Å². The summed E-state index contributed by atoms with van der Waals surface area (Å²) >= 11 is 0. The summed E-state index contributed by atoms with van der Waals surface area (Å²) in [5.74, 6) is -0.566. The van der Waals surface area contributed by atoms with Gasteiger partial charge in [-0.15, -0.1) is 0 Å². The van der Waals surface area contributed by atoms with Gasteiger partial charge in [-0.1, -0.05) is 30.3 Å². The number of carboxylic acids is 1. The molecule has 2 aromatic carbocycles. The number of nitrogens with one attached hydrogen (secondary N) is 1. The Morgan fingerprint density at radius 1 is 1.16 bits per heavy atom. The fourth-order valence-corrected chi connectivity index (χ4v) is 5.16. The molecule has 0 saturated carbocycles. The first-order chi connectivity index (χ1) is 15.3. The number of rotatable bonds is 7. The van der Waals surface area contributed by atoms with Crippen LogP contribution >= 0.6 is 0 Å². The molecule has 0 fully saturated rings. The second kappa shape index (κ2) is 9.10. The van der Waals surface area contributed by atoms with Crippen LogP contribution in [-0.2, 0) is 21.2 Å². The Hall–Kier alpha value is -3.23. The van der Waals surface area contributed by atoms with Gasteiger partial charge in [0.1, 0.15) is 5.75 Å². The van der Waals surface area contributed by atoms with Crippen LogP contribution in [0.1, 0.15) is 35.6 Å². The standard InChI is InChI=1S/C24H24N2O5S/c1-16-8-13-21(25-14-16)17-9-11-18(12-10-17)32(29,30)26-22-6-2-5-20-19(22)4-3-7-23(20)31-15-24(27)28/h3-4,7-14,22,26H,2,5-6,15H2,1H3,(H,27,28). The first-order valence-electron chi connectivity index (χ1n) is 10.4. The zero-order valence-electron chi connectivity index (χ0n) is 17.6. The third-order valence-electron chi connectivity index (χ3n) is 5.48. The fourth-order valence-electron chi connectivity index (χ4n) is 3.91. The van der Waals surface area contributed by atoms with Crippen LogP contribution in [0.4, 0.5) is 0 Å². The molecule has 0 aliphatic heterocycles. The summed E-state index contributed by atoms with van der Waals surface area (Å²) in [4.78, 5) is 15.4. The van der Waals surface area contributed by atoms with Crippen molar-refractivity contribution in [1.82, 2.24) is 9.71 Å². The van der Waals surface area contributed by atoms with Crippen LogP contribution in [0.3, 0.4) is 0 Å². The number of pyridine rings is 1. The lowest BCUT2D eigenvalue weighted by molar-refractivity contribution is -0.139. The van der Waals surface area contributed by atoms with Crippen molar-refractivity contribution in [2.45, 2.75) is 37.1 Å². The molecule has 0 bridgehead atoms. The number of aromatic nitrogens is 1. The molecule has 0 radical (unpaired) electrons. The monoisotopic (exact) mass is 452 g/mol. The van der Waals surface area contributed by atoms with E-state index in [-0.39, 0.29) is 4.90 Å². The number of benzene rings is 2. The van der Waals surface area contributed by atoms with Gasteiger partial charge in [-0.25, -0.2) is 17.9 Å². The predicted molar refractivity (Wildman–Crippen MR) is 120 cm³/mol. The molecule has 0 saturated heterocycles. The summed E-state index contributed by atoms with van der Waals surface area (Å²) in [6, 6.07) is 15.5. The Morgan fingerprint density at radius 3 is 2.62 bits per heavy atom. The van der Waals surface area contributed by atoms with E-state index in [2.05, 4.69) is 9.71 Å². The Bertz CT molecular complexity index is 1220. The van der Waals surface area contributed by atoms with E-state index in [0.717, 1.165) is 34.4 Å². The molecule has 1 atom stereocenters. The second-order valence-electron chi connectivity index (χ2n) is 7.82. The number of nitrogens with zero attached hydrogens (tertiary/aromatic N) is 1. The highest BCUT2D eigenvalue weighted by Crippen LogP contribution is 2.36. The summed E-state index contributed by atoms with van der Waals surface area (Å²) in [6.45, 7) is 1.53. The largest absolute Gasteiger partial charge is 0.482 e. The lowest BCUT2D eigenvalue weighted by Gasteiger charge is -2.27. The lowest BCUT2D eigenvalue weighted by Crippen LogP contribution is -2.31. The van der Waals surface area contributed by atoms with Gasteiger partial charge in [0, 0.05) is 17.8 Å². The molecule has 32 heavy (non-hydrogen) atoms. The number of carbonyl (C=O) groups is 1. The number of fused-ring (bicyclic) bond motifs is 1. The van der Waals surface area contributed by atoms with Crippen LogP contribution in [0.25, 0.3) is 11.3 Å². The molecular weight excluding hydrogens is 428 g/mol. The summed E-state index contributed by atoms with van der Waals surface area (Å²) in [6.07, 6.45) is 3.91. The molecule has 1 unspecified atom stereocenters. The van der Waals surface area contributed by atoms with Gasteiger partial charge in [-0.05, 0) is 67.1 Å². The molecule has 7 nitrogen and oxygen atoms in total. The van der Waals surface area contributed by atoms with Crippen LogP contribution in [0.2, 0.25) is 0 Å². The quantitative estimate of drug-likeness (QED) is 0.564. The molecule has 1 aliphatic carbocycles. The van der Waals surface area contributed by atoms with Crippen molar-refractivity contribution in [3.8, 4) is 17.0 Å². The Labute approximate surface area is 187 Å². The van der Waals surface area contributed by atoms with Crippen molar-refractivity contribution < 1.29 is 23.1 Å². The summed E-state index contributed by atoms with van der Waals surface area (Å²) in [5, 5.41) is 8.89. The second-order valence-corrected chi connectivity index (χ2v) is 9.53. The normalized spacial score (nSPS) is 15.7. The van der Waals surface area contributed by atoms with Gasteiger partial charge in [0.15, 0.2) is 6.61 Å². The van der Waals surface area contributed by atoms with Crippen LogP contribution < -0.4 is 9.46 Å². The molecular formula is C24H24N2O5S. The van der Waals surface area contributed by atoms with Gasteiger partial charge in [-0.2, -0.15) is 0 Å². The van der Waals surface area contributed by atoms with Gasteiger partial charge in [0.05, 0.1) is 10.6 Å². The Balaban J connectivity index is 1.55. The molecule has 0 amide bonds. The maximum Gasteiger partial charge on any atom is 0.341 e. The number of hydrogen-bond donors (Lipinski definition) is 2. The first kappa shape index (κ1) is 22.0. The highest BCUT2D eigenvalue weighted by atomic mass is 32.2. The number of sulfonamides is 1. The zero-order chi connectivity index (χ0) is 22.7. The smallest absolute Gasteiger partial charge is 0.341 e. The van der Waals surface area contributed by atoms with E-state index in [1.807, 2.05) is 25.1 Å². The molecule has 166 valence electrons. The van der Waals surface area contributed by atoms with Crippen molar-refractivity contribution in [3.05, 3.63) is 77.5 Å². The van der Waals surface area contributed by atoms with E-state index in [0.29, 0.717) is 18.6 Å². The topological polar surface area (TPSA) is 106 Å². The van der Waals surface area contributed by atoms with E-state index in [1.54, 1.807) is 42.6 Å². The average Bonchev–Trinajstić information content (AvgIpc) is 2.78. The van der Waals surface area contributed by atoms with Gasteiger partial charge < -0.3 is 9.84 Å². The number of ether oxygens (including phenoxy) is 1. The third-order valence-corrected chi connectivity index (χ3v) is 6.97. The predicted octanol–water partition coefficient (Wildman–Crippen LogP) is 3.88. The van der Waals surface area contributed by atoms with Crippen LogP contribution in [-0.4, -0.2) is 31.1 Å². The number of hydrogen-bond acceptors (Lipinski definition) is 5. The maximum absolute atomic E-state index is 13.1. The molecule has 1 aliphatic rings. The molecule has 0 spiro atoms. The minimum Gasteiger partial charge on any atom is -0.482 e. The van der Waals surface area contributed by atoms with Crippen molar-refractivity contribution in [2.24, 2.45) is 0 Å². The number of aliphatic carboxylic acids is 1. The van der Waals surface area contributed by atoms with Crippen LogP contribution in [0.5, 0.6) is 5.75 Å². The van der Waals surface area contributed by atoms with E-state index in [1.165, 1.54) is 0 Å². The van der Waals surface area contributed by atoms with Gasteiger partial charge in [0.25, 0.3) is 0 Å². The van der Waals surface area contributed by atoms with Crippen molar-refractivity contribution in [2.75, 3.05) is 6.61 Å². The molecule has 1 aromatic heterocycles. The van der Waals surface area contributed by atoms with E-state index in [4.69, 9.17) is 9.84 Å². The molecule has 2 N–H and O–H groups in total. The number of carboxylic acid groups (broad SMARTS) is 1. The minimum atomic E-state index is -3.75. The van der Waals surface area contributed by atoms with Crippen molar-refractivity contribution in [1.29, 1.82) is 0 Å². The molecule has 3 aromatic rings. The molecule has 8 heteroatoms. The van der Waals surface area contributed by atoms with Crippen molar-refractivity contribution >= 4 is 16.0 Å². The summed E-state index contributed by atoms with van der Waals surface area (Å²) in [7, 11) is -3.75. The zero-order valence-corrected chi connectivity index (χ0v) is 18.4. The fraction of sp³-hybridized carbons (Fsp3) is 0.250. The number of aryl methyl sites for hydroxylation is 1. The van der Waals surface area contributed by atoms with E-state index < -0.39 is 28.6 Å². The van der Waals surface area contributed by atoms with Gasteiger partial charge in [0.2, 0.25) is 10.0 Å².